The fraction of sp³-hybridized carbons (Fsp3) is 0.500. The minimum Gasteiger partial charge on any atom is -0.508 e. The molecular formula is C14H19F3N2O2. The van der Waals surface area contributed by atoms with Crippen molar-refractivity contribution in [2.24, 2.45) is 0 Å². The molecule has 1 aromatic rings. The molecule has 0 aliphatic rings. The van der Waals surface area contributed by atoms with E-state index in [1.54, 1.807) is 31.2 Å². The van der Waals surface area contributed by atoms with Gasteiger partial charge in [-0.05, 0) is 37.5 Å². The summed E-state index contributed by atoms with van der Waals surface area (Å²) in [7, 11) is 0. The van der Waals surface area contributed by atoms with Crippen molar-refractivity contribution in [2.45, 2.75) is 32.0 Å². The molecule has 0 bridgehead atoms. The molecule has 0 saturated carbocycles. The van der Waals surface area contributed by atoms with Gasteiger partial charge in [0.05, 0.1) is 13.1 Å². The summed E-state index contributed by atoms with van der Waals surface area (Å²) in [6.45, 7) is 0.257. The number of phenols is 1. The van der Waals surface area contributed by atoms with Crippen molar-refractivity contribution >= 4 is 5.91 Å². The molecule has 3 N–H and O–H groups in total. The van der Waals surface area contributed by atoms with Crippen LogP contribution in [0.1, 0.15) is 18.9 Å². The normalized spacial score (nSPS) is 13.0. The third-order valence-electron chi connectivity index (χ3n) is 2.82. The van der Waals surface area contributed by atoms with E-state index in [2.05, 4.69) is 5.32 Å². The molecule has 0 heterocycles. The lowest BCUT2D eigenvalue weighted by Crippen LogP contribution is -2.41. The summed E-state index contributed by atoms with van der Waals surface area (Å²) in [5, 5.41) is 13.8. The second-order valence-corrected chi connectivity index (χ2v) is 4.89. The van der Waals surface area contributed by atoms with E-state index in [1.165, 1.54) is 0 Å². The third-order valence-corrected chi connectivity index (χ3v) is 2.82. The molecule has 0 spiro atoms. The van der Waals surface area contributed by atoms with E-state index >= 15 is 0 Å². The predicted octanol–water partition coefficient (Wildman–Crippen LogP) is 1.98. The Bertz CT molecular complexity index is 447. The lowest BCUT2D eigenvalue weighted by Gasteiger charge is -2.14. The SMILES string of the molecule is CC(CCc1ccc(O)cc1)NC(=O)CNCC(F)(F)F. The number of hydrogen-bond acceptors (Lipinski definition) is 3. The topological polar surface area (TPSA) is 61.4 Å². The third kappa shape index (κ3) is 8.19. The van der Waals surface area contributed by atoms with Gasteiger partial charge >= 0.3 is 6.18 Å². The highest BCUT2D eigenvalue weighted by atomic mass is 19.4. The van der Waals surface area contributed by atoms with Crippen LogP contribution in [0, 0.1) is 0 Å². The first-order valence-electron chi connectivity index (χ1n) is 6.61. The Morgan fingerprint density at radius 2 is 1.90 bits per heavy atom. The van der Waals surface area contributed by atoms with Crippen LogP contribution in [0.5, 0.6) is 5.75 Å². The van der Waals surface area contributed by atoms with Crippen molar-refractivity contribution < 1.29 is 23.1 Å². The van der Waals surface area contributed by atoms with Gasteiger partial charge in [-0.2, -0.15) is 13.2 Å². The highest BCUT2D eigenvalue weighted by molar-refractivity contribution is 5.78. The lowest BCUT2D eigenvalue weighted by molar-refractivity contribution is -0.128. The zero-order valence-corrected chi connectivity index (χ0v) is 11.7. The Morgan fingerprint density at radius 1 is 1.29 bits per heavy atom. The van der Waals surface area contributed by atoms with Gasteiger partial charge in [0, 0.05) is 6.04 Å². The fourth-order valence-corrected chi connectivity index (χ4v) is 1.76. The van der Waals surface area contributed by atoms with Crippen LogP contribution < -0.4 is 10.6 Å². The Hall–Kier alpha value is -1.76. The summed E-state index contributed by atoms with van der Waals surface area (Å²) in [6, 6.07) is 6.60. The maximum atomic E-state index is 11.9. The average Bonchev–Trinajstić information content (AvgIpc) is 2.36. The summed E-state index contributed by atoms with van der Waals surface area (Å²) >= 11 is 0. The summed E-state index contributed by atoms with van der Waals surface area (Å²) in [5.41, 5.74) is 1.02. The predicted molar refractivity (Wildman–Crippen MR) is 73.0 cm³/mol. The van der Waals surface area contributed by atoms with Gasteiger partial charge in [0.1, 0.15) is 5.75 Å². The molecule has 1 atom stereocenters. The van der Waals surface area contributed by atoms with E-state index in [0.717, 1.165) is 5.56 Å². The van der Waals surface area contributed by atoms with Crippen LogP contribution in [0.25, 0.3) is 0 Å². The van der Waals surface area contributed by atoms with Gasteiger partial charge in [0.15, 0.2) is 0 Å². The van der Waals surface area contributed by atoms with E-state index in [4.69, 9.17) is 5.11 Å². The van der Waals surface area contributed by atoms with Gasteiger partial charge < -0.3 is 15.7 Å². The summed E-state index contributed by atoms with van der Waals surface area (Å²) in [5.74, 6) is -0.270. The molecule has 0 aliphatic carbocycles. The maximum Gasteiger partial charge on any atom is 0.401 e. The highest BCUT2D eigenvalue weighted by Crippen LogP contribution is 2.12. The number of rotatable bonds is 7. The molecule has 0 fully saturated rings. The first-order chi connectivity index (χ1) is 9.76. The number of nitrogens with one attached hydrogen (secondary N) is 2. The van der Waals surface area contributed by atoms with Crippen LogP contribution in [-0.4, -0.2) is 36.3 Å². The molecule has 1 aromatic carbocycles. The number of phenolic OH excluding ortho intramolecular Hbond substituents is 1. The maximum absolute atomic E-state index is 11.9. The number of hydrogen-bond donors (Lipinski definition) is 3. The van der Waals surface area contributed by atoms with Crippen molar-refractivity contribution in [2.75, 3.05) is 13.1 Å². The van der Waals surface area contributed by atoms with E-state index in [9.17, 15) is 18.0 Å². The monoisotopic (exact) mass is 304 g/mol. The molecule has 4 nitrogen and oxygen atoms in total. The van der Waals surface area contributed by atoms with E-state index < -0.39 is 18.6 Å². The van der Waals surface area contributed by atoms with Gasteiger partial charge in [0.25, 0.3) is 0 Å². The van der Waals surface area contributed by atoms with Crippen LogP contribution >= 0.6 is 0 Å². The first-order valence-corrected chi connectivity index (χ1v) is 6.61. The van der Waals surface area contributed by atoms with Gasteiger partial charge in [-0.25, -0.2) is 0 Å². The Labute approximate surface area is 121 Å². The number of aryl methyl sites for hydroxylation is 1. The summed E-state index contributed by atoms with van der Waals surface area (Å²) < 4.78 is 35.7. The van der Waals surface area contributed by atoms with Crippen molar-refractivity contribution in [3.8, 4) is 5.75 Å². The smallest absolute Gasteiger partial charge is 0.401 e. The Balaban J connectivity index is 2.22. The molecule has 0 saturated heterocycles. The Morgan fingerprint density at radius 3 is 2.48 bits per heavy atom. The van der Waals surface area contributed by atoms with Crippen LogP contribution in [0.4, 0.5) is 13.2 Å². The number of alkyl halides is 3. The van der Waals surface area contributed by atoms with Crippen molar-refractivity contribution in [1.82, 2.24) is 10.6 Å². The molecule has 0 aliphatic heterocycles. The molecule has 21 heavy (non-hydrogen) atoms. The molecule has 118 valence electrons. The molecule has 1 rings (SSSR count). The quantitative estimate of drug-likeness (QED) is 0.722. The minimum absolute atomic E-state index is 0.140. The largest absolute Gasteiger partial charge is 0.508 e. The van der Waals surface area contributed by atoms with Crippen LogP contribution in [0.2, 0.25) is 0 Å². The second kappa shape index (κ2) is 7.87. The van der Waals surface area contributed by atoms with Crippen molar-refractivity contribution in [1.29, 1.82) is 0 Å². The molecular weight excluding hydrogens is 285 g/mol. The van der Waals surface area contributed by atoms with Crippen molar-refractivity contribution in [3.63, 3.8) is 0 Å². The number of carbonyl (C=O) groups is 1. The summed E-state index contributed by atoms with van der Waals surface area (Å²) in [6.07, 6.45) is -2.95. The minimum atomic E-state index is -4.31. The average molecular weight is 304 g/mol. The van der Waals surface area contributed by atoms with Crippen LogP contribution in [0.15, 0.2) is 24.3 Å². The number of halogens is 3. The van der Waals surface area contributed by atoms with Gasteiger partial charge in [-0.1, -0.05) is 12.1 Å². The Kier molecular flexibility index (Phi) is 6.48. The molecule has 1 amide bonds. The van der Waals surface area contributed by atoms with E-state index in [1.807, 2.05) is 5.32 Å². The number of benzene rings is 1. The van der Waals surface area contributed by atoms with E-state index in [-0.39, 0.29) is 18.3 Å². The number of carbonyl (C=O) groups excluding carboxylic acids is 1. The highest BCUT2D eigenvalue weighted by Gasteiger charge is 2.26. The summed E-state index contributed by atoms with van der Waals surface area (Å²) in [4.78, 5) is 11.4. The zero-order chi connectivity index (χ0) is 15.9. The standard InChI is InChI=1S/C14H19F3N2O2/c1-10(2-3-11-4-6-12(20)7-5-11)19-13(21)8-18-9-14(15,16)17/h4-7,10,18,20H,2-3,8-9H2,1H3,(H,19,21). The number of aromatic hydroxyl groups is 1. The zero-order valence-electron chi connectivity index (χ0n) is 11.7. The number of amides is 1. The first kappa shape index (κ1) is 17.3. The fourth-order valence-electron chi connectivity index (χ4n) is 1.76. The van der Waals surface area contributed by atoms with Crippen molar-refractivity contribution in [3.05, 3.63) is 29.8 Å². The van der Waals surface area contributed by atoms with Crippen LogP contribution in [0.3, 0.4) is 0 Å². The van der Waals surface area contributed by atoms with Crippen LogP contribution in [-0.2, 0) is 11.2 Å². The van der Waals surface area contributed by atoms with E-state index in [0.29, 0.717) is 12.8 Å². The van der Waals surface area contributed by atoms with Gasteiger partial charge in [0.2, 0.25) is 5.91 Å². The molecule has 0 radical (unpaired) electrons. The van der Waals surface area contributed by atoms with Gasteiger partial charge in [-0.15, -0.1) is 0 Å². The van der Waals surface area contributed by atoms with Gasteiger partial charge in [-0.3, -0.25) is 4.79 Å². The molecule has 7 heteroatoms. The molecule has 0 aromatic heterocycles. The molecule has 1 unspecified atom stereocenters. The second-order valence-electron chi connectivity index (χ2n) is 4.89. The lowest BCUT2D eigenvalue weighted by atomic mass is 10.1.